The van der Waals surface area contributed by atoms with Gasteiger partial charge in [0.25, 0.3) is 0 Å². The van der Waals surface area contributed by atoms with E-state index in [0.29, 0.717) is 23.8 Å². The van der Waals surface area contributed by atoms with Crippen molar-refractivity contribution in [3.8, 4) is 5.75 Å². The van der Waals surface area contributed by atoms with Crippen LogP contribution in [0.1, 0.15) is 37.0 Å². The zero-order valence-electron chi connectivity index (χ0n) is 18.7. The molecular formula is C25H30Cl3NO4. The van der Waals surface area contributed by atoms with Gasteiger partial charge in [-0.15, -0.1) is 12.4 Å². The predicted octanol–water partition coefficient (Wildman–Crippen LogP) is 5.43. The molecule has 5 nitrogen and oxygen atoms in total. The molecule has 0 aromatic heterocycles. The summed E-state index contributed by atoms with van der Waals surface area (Å²) in [4.78, 5) is 10.7. The van der Waals surface area contributed by atoms with Crippen molar-refractivity contribution in [2.45, 2.75) is 44.8 Å². The molecule has 0 unspecified atom stereocenters. The van der Waals surface area contributed by atoms with Gasteiger partial charge in [-0.2, -0.15) is 0 Å². The van der Waals surface area contributed by atoms with E-state index in [4.69, 9.17) is 33.0 Å². The maximum Gasteiger partial charge on any atom is 0.328 e. The van der Waals surface area contributed by atoms with Gasteiger partial charge in [-0.05, 0) is 73.9 Å². The number of halogens is 3. The summed E-state index contributed by atoms with van der Waals surface area (Å²) >= 11 is 12.4. The Bertz CT molecular complexity index is 969. The van der Waals surface area contributed by atoms with Crippen molar-refractivity contribution in [1.29, 1.82) is 0 Å². The molecule has 0 spiro atoms. The molecule has 0 fully saturated rings. The summed E-state index contributed by atoms with van der Waals surface area (Å²) < 4.78 is 5.65. The molecule has 1 aliphatic carbocycles. The van der Waals surface area contributed by atoms with Gasteiger partial charge in [-0.3, -0.25) is 0 Å². The van der Waals surface area contributed by atoms with E-state index in [1.165, 1.54) is 17.2 Å². The second-order valence-corrected chi connectivity index (χ2v) is 9.69. The highest BCUT2D eigenvalue weighted by atomic mass is 35.5. The number of carbonyl (C=O) groups is 1. The van der Waals surface area contributed by atoms with Crippen molar-refractivity contribution < 1.29 is 19.7 Å². The van der Waals surface area contributed by atoms with Gasteiger partial charge in [0.05, 0.1) is 5.02 Å². The van der Waals surface area contributed by atoms with E-state index < -0.39 is 12.1 Å². The quantitative estimate of drug-likeness (QED) is 0.369. The Morgan fingerprint density at radius 3 is 2.42 bits per heavy atom. The van der Waals surface area contributed by atoms with Crippen molar-refractivity contribution >= 4 is 47.7 Å². The van der Waals surface area contributed by atoms with Crippen LogP contribution < -0.4 is 10.1 Å². The first-order valence-electron chi connectivity index (χ1n) is 10.7. The number of carboxylic acid groups (broad SMARTS) is 1. The zero-order valence-corrected chi connectivity index (χ0v) is 21.0. The van der Waals surface area contributed by atoms with E-state index >= 15 is 0 Å². The van der Waals surface area contributed by atoms with Gasteiger partial charge in [0, 0.05) is 18.2 Å². The van der Waals surface area contributed by atoms with Crippen molar-refractivity contribution in [3.63, 3.8) is 0 Å². The number of benzene rings is 2. The molecule has 0 radical (unpaired) electrons. The number of rotatable bonds is 10. The van der Waals surface area contributed by atoms with Gasteiger partial charge in [-0.1, -0.05) is 47.5 Å². The van der Waals surface area contributed by atoms with Crippen molar-refractivity contribution in [2.75, 3.05) is 13.2 Å². The van der Waals surface area contributed by atoms with Crippen LogP contribution in [0.4, 0.5) is 0 Å². The molecule has 0 heterocycles. The Morgan fingerprint density at radius 2 is 1.82 bits per heavy atom. The largest absolute Gasteiger partial charge is 0.489 e. The number of fused-ring (bicyclic) bond motifs is 1. The predicted molar refractivity (Wildman–Crippen MR) is 136 cm³/mol. The maximum atomic E-state index is 10.7. The lowest BCUT2D eigenvalue weighted by Crippen LogP contribution is -2.46. The van der Waals surface area contributed by atoms with Crippen molar-refractivity contribution in [2.24, 2.45) is 5.92 Å². The lowest BCUT2D eigenvalue weighted by molar-refractivity contribution is -0.131. The van der Waals surface area contributed by atoms with E-state index in [2.05, 4.69) is 43.4 Å². The Balaban J connectivity index is 0.00000385. The highest BCUT2D eigenvalue weighted by molar-refractivity contribution is 6.43. The van der Waals surface area contributed by atoms with Crippen LogP contribution in [0, 0.1) is 5.92 Å². The van der Waals surface area contributed by atoms with Crippen LogP contribution in [0.25, 0.3) is 6.08 Å². The van der Waals surface area contributed by atoms with E-state index in [1.54, 1.807) is 12.1 Å². The van der Waals surface area contributed by atoms with Gasteiger partial charge in [0.15, 0.2) is 0 Å². The minimum Gasteiger partial charge on any atom is -0.489 e. The number of nitrogens with one attached hydrogen (secondary N) is 1. The summed E-state index contributed by atoms with van der Waals surface area (Å²) in [5.74, 6) is -0.141. The zero-order chi connectivity index (χ0) is 23.3. The van der Waals surface area contributed by atoms with Crippen LogP contribution in [-0.2, 0) is 17.6 Å². The Morgan fingerprint density at radius 1 is 1.18 bits per heavy atom. The number of β-amino-alcohol motifs (C(OH)–C–C–N with tert-alkyl or cyclic N) is 1. The number of hydrogen-bond donors (Lipinski definition) is 3. The highest BCUT2D eigenvalue weighted by Crippen LogP contribution is 2.35. The molecule has 3 rings (SSSR count). The standard InChI is InChI=1S/C25H29Cl2NO4.ClH/c1-25(2,13-16-11-18-5-3-4-6-19(18)12-16)28-14-20(29)15-32-21-9-7-17(8-10-22(30)31)23(26)24(21)27;/h3-10,16,20,28-29H,11-15H2,1-2H3,(H,30,31);1H/t20-;/m1./s1. The second kappa shape index (κ2) is 12.1. The number of carboxylic acids is 1. The average molecular weight is 515 g/mol. The molecule has 3 N–H and O–H groups in total. The molecule has 1 aliphatic rings. The number of aliphatic carboxylic acids is 1. The molecule has 0 aliphatic heterocycles. The minimum atomic E-state index is -1.08. The lowest BCUT2D eigenvalue weighted by Gasteiger charge is -2.30. The van der Waals surface area contributed by atoms with Crippen LogP contribution in [0.5, 0.6) is 5.75 Å². The fourth-order valence-corrected chi connectivity index (χ4v) is 4.62. The van der Waals surface area contributed by atoms with Crippen LogP contribution >= 0.6 is 35.6 Å². The molecular weight excluding hydrogens is 485 g/mol. The summed E-state index contributed by atoms with van der Waals surface area (Å²) in [6.45, 7) is 4.75. The number of hydrogen-bond acceptors (Lipinski definition) is 4. The van der Waals surface area contributed by atoms with E-state index in [1.807, 2.05) is 0 Å². The SMILES string of the molecule is CC(C)(CC1Cc2ccccc2C1)NC[C@@H](O)COc1ccc(C=CC(=O)O)c(Cl)c1Cl.Cl. The Hall–Kier alpha value is -1.76. The third kappa shape index (κ3) is 7.90. The van der Waals surface area contributed by atoms with E-state index in [0.717, 1.165) is 25.3 Å². The molecule has 33 heavy (non-hydrogen) atoms. The van der Waals surface area contributed by atoms with Crippen molar-refractivity contribution in [1.82, 2.24) is 5.32 Å². The molecule has 180 valence electrons. The van der Waals surface area contributed by atoms with Crippen molar-refractivity contribution in [3.05, 3.63) is 69.2 Å². The number of aliphatic hydroxyl groups excluding tert-OH is 1. The fourth-order valence-electron chi connectivity index (χ4n) is 4.18. The topological polar surface area (TPSA) is 78.8 Å². The molecule has 2 aromatic carbocycles. The number of ether oxygens (including phenoxy) is 1. The lowest BCUT2D eigenvalue weighted by atomic mass is 9.88. The van der Waals surface area contributed by atoms with Gasteiger partial charge < -0.3 is 20.3 Å². The van der Waals surface area contributed by atoms with E-state index in [-0.39, 0.29) is 34.6 Å². The normalized spacial score (nSPS) is 14.7. The first-order valence-corrected chi connectivity index (χ1v) is 11.4. The number of aliphatic hydroxyl groups is 1. The monoisotopic (exact) mass is 513 g/mol. The van der Waals surface area contributed by atoms with E-state index in [9.17, 15) is 9.90 Å². The molecule has 0 amide bonds. The Kier molecular flexibility index (Phi) is 10.1. The molecule has 0 saturated heterocycles. The van der Waals surface area contributed by atoms with Crippen LogP contribution in [0.2, 0.25) is 10.0 Å². The van der Waals surface area contributed by atoms with Gasteiger partial charge in [0.1, 0.15) is 23.5 Å². The maximum absolute atomic E-state index is 10.7. The molecule has 2 aromatic rings. The highest BCUT2D eigenvalue weighted by Gasteiger charge is 2.28. The smallest absolute Gasteiger partial charge is 0.328 e. The summed E-state index contributed by atoms with van der Waals surface area (Å²) in [7, 11) is 0. The molecule has 0 bridgehead atoms. The third-order valence-electron chi connectivity index (χ3n) is 5.66. The van der Waals surface area contributed by atoms with Gasteiger partial charge in [-0.25, -0.2) is 4.79 Å². The molecule has 0 saturated carbocycles. The minimum absolute atomic E-state index is 0. The summed E-state index contributed by atoms with van der Waals surface area (Å²) in [6, 6.07) is 11.8. The summed E-state index contributed by atoms with van der Waals surface area (Å²) in [5.41, 5.74) is 3.25. The molecule has 1 atom stereocenters. The Labute approximate surface area is 211 Å². The van der Waals surface area contributed by atoms with Gasteiger partial charge >= 0.3 is 5.97 Å². The first-order chi connectivity index (χ1) is 15.1. The van der Waals surface area contributed by atoms with Gasteiger partial charge in [0.2, 0.25) is 0 Å². The van der Waals surface area contributed by atoms with Crippen LogP contribution in [0.3, 0.4) is 0 Å². The summed E-state index contributed by atoms with van der Waals surface area (Å²) in [5, 5.41) is 23.0. The first kappa shape index (κ1) is 27.5. The average Bonchev–Trinajstić information content (AvgIpc) is 3.14. The van der Waals surface area contributed by atoms with Crippen LogP contribution in [0.15, 0.2) is 42.5 Å². The molecule has 8 heteroatoms. The second-order valence-electron chi connectivity index (χ2n) is 8.93. The van der Waals surface area contributed by atoms with Crippen LogP contribution in [-0.4, -0.2) is 41.0 Å². The summed E-state index contributed by atoms with van der Waals surface area (Å²) in [6.07, 6.45) is 4.84. The third-order valence-corrected chi connectivity index (χ3v) is 6.54. The fraction of sp³-hybridized carbons (Fsp3) is 0.400.